The summed E-state index contributed by atoms with van der Waals surface area (Å²) >= 11 is 0. The van der Waals surface area contributed by atoms with Crippen LogP contribution in [0.4, 0.5) is 0 Å². The summed E-state index contributed by atoms with van der Waals surface area (Å²) in [7, 11) is 0. The average molecular weight is 379 g/mol. The van der Waals surface area contributed by atoms with Crippen LogP contribution in [0.25, 0.3) is 0 Å². The number of piperidine rings is 1. The molecule has 1 aliphatic heterocycles. The Labute approximate surface area is 165 Å². The molecule has 1 fully saturated rings. The van der Waals surface area contributed by atoms with Gasteiger partial charge in [0, 0.05) is 17.8 Å². The van der Waals surface area contributed by atoms with Gasteiger partial charge in [0.15, 0.2) is 0 Å². The lowest BCUT2D eigenvalue weighted by atomic mass is 9.99. The Morgan fingerprint density at radius 2 is 2.11 bits per heavy atom. The number of pyridine rings is 1. The van der Waals surface area contributed by atoms with Crippen molar-refractivity contribution in [2.24, 2.45) is 0 Å². The zero-order valence-electron chi connectivity index (χ0n) is 16.5. The lowest BCUT2D eigenvalue weighted by Crippen LogP contribution is -2.49. The van der Waals surface area contributed by atoms with E-state index in [0.29, 0.717) is 35.9 Å². The Hall–Kier alpha value is -3.07. The average Bonchev–Trinajstić information content (AvgIpc) is 2.71. The minimum atomic E-state index is -0.167. The SMILES string of the molecule is CCOc1ccccc1C(=O)N1CC(Oc2nccc(C#N)c2C)CCC1C. The maximum atomic E-state index is 13.2. The van der Waals surface area contributed by atoms with E-state index in [1.807, 2.05) is 36.9 Å². The van der Waals surface area contributed by atoms with Crippen molar-refractivity contribution in [1.82, 2.24) is 9.88 Å². The highest BCUT2D eigenvalue weighted by atomic mass is 16.5. The predicted octanol–water partition coefficient (Wildman–Crippen LogP) is 3.73. The molecule has 2 unspecified atom stereocenters. The van der Waals surface area contributed by atoms with Gasteiger partial charge in [-0.3, -0.25) is 4.79 Å². The molecule has 0 spiro atoms. The molecule has 146 valence electrons. The summed E-state index contributed by atoms with van der Waals surface area (Å²) < 4.78 is 11.7. The first kappa shape index (κ1) is 19.7. The smallest absolute Gasteiger partial charge is 0.257 e. The lowest BCUT2D eigenvalue weighted by molar-refractivity contribution is 0.0368. The molecule has 1 amide bonds. The quantitative estimate of drug-likeness (QED) is 0.791. The fraction of sp³-hybridized carbons (Fsp3) is 0.409. The van der Waals surface area contributed by atoms with Gasteiger partial charge in [-0.15, -0.1) is 0 Å². The normalized spacial score (nSPS) is 19.0. The summed E-state index contributed by atoms with van der Waals surface area (Å²) in [4.78, 5) is 19.3. The number of aromatic nitrogens is 1. The maximum Gasteiger partial charge on any atom is 0.257 e. The van der Waals surface area contributed by atoms with E-state index in [1.54, 1.807) is 18.3 Å². The summed E-state index contributed by atoms with van der Waals surface area (Å²) in [5.41, 5.74) is 1.84. The van der Waals surface area contributed by atoms with E-state index in [2.05, 4.69) is 18.0 Å². The first-order chi connectivity index (χ1) is 13.5. The first-order valence-electron chi connectivity index (χ1n) is 9.60. The minimum Gasteiger partial charge on any atom is -0.493 e. The van der Waals surface area contributed by atoms with Crippen LogP contribution in [0.3, 0.4) is 0 Å². The van der Waals surface area contributed by atoms with Crippen LogP contribution in [0.15, 0.2) is 36.5 Å². The molecule has 2 aromatic rings. The molecule has 1 aromatic carbocycles. The topological polar surface area (TPSA) is 75.4 Å². The minimum absolute atomic E-state index is 0.0553. The van der Waals surface area contributed by atoms with E-state index in [-0.39, 0.29) is 18.1 Å². The summed E-state index contributed by atoms with van der Waals surface area (Å²) in [5, 5.41) is 9.20. The highest BCUT2D eigenvalue weighted by molar-refractivity contribution is 5.97. The summed E-state index contributed by atoms with van der Waals surface area (Å²) in [6.07, 6.45) is 3.08. The van der Waals surface area contributed by atoms with Crippen molar-refractivity contribution < 1.29 is 14.3 Å². The van der Waals surface area contributed by atoms with Crippen molar-refractivity contribution >= 4 is 5.91 Å². The molecule has 0 aliphatic carbocycles. The van der Waals surface area contributed by atoms with E-state index < -0.39 is 0 Å². The molecule has 0 radical (unpaired) electrons. The second-order valence-corrected chi connectivity index (χ2v) is 6.95. The van der Waals surface area contributed by atoms with Gasteiger partial charge in [0.25, 0.3) is 5.91 Å². The number of carbonyl (C=O) groups excluding carboxylic acids is 1. The molecular formula is C22H25N3O3. The molecule has 2 heterocycles. The second kappa shape index (κ2) is 8.75. The van der Waals surface area contributed by atoms with Crippen LogP contribution in [0.2, 0.25) is 0 Å². The molecule has 3 rings (SSSR count). The number of hydrogen-bond acceptors (Lipinski definition) is 5. The first-order valence-corrected chi connectivity index (χ1v) is 9.60. The van der Waals surface area contributed by atoms with Crippen LogP contribution in [-0.2, 0) is 0 Å². The van der Waals surface area contributed by atoms with Gasteiger partial charge in [-0.1, -0.05) is 12.1 Å². The molecule has 0 saturated carbocycles. The highest BCUT2D eigenvalue weighted by Gasteiger charge is 2.32. The van der Waals surface area contributed by atoms with Crippen LogP contribution in [-0.4, -0.2) is 41.1 Å². The third kappa shape index (κ3) is 4.09. The Bertz CT molecular complexity index is 891. The standard InChI is InChI=1S/C22H25N3O3/c1-4-27-20-8-6-5-7-19(20)22(26)25-14-18(10-9-15(25)2)28-21-16(3)17(13-23)11-12-24-21/h5-8,11-12,15,18H,4,9-10,14H2,1-3H3. The van der Waals surface area contributed by atoms with Gasteiger partial charge < -0.3 is 14.4 Å². The van der Waals surface area contributed by atoms with Crippen LogP contribution in [0.1, 0.15) is 48.2 Å². The Morgan fingerprint density at radius 1 is 1.32 bits per heavy atom. The van der Waals surface area contributed by atoms with Gasteiger partial charge in [-0.2, -0.15) is 5.26 Å². The molecule has 6 nitrogen and oxygen atoms in total. The molecular weight excluding hydrogens is 354 g/mol. The van der Waals surface area contributed by atoms with Gasteiger partial charge >= 0.3 is 0 Å². The van der Waals surface area contributed by atoms with Crippen LogP contribution in [0, 0.1) is 18.3 Å². The lowest BCUT2D eigenvalue weighted by Gasteiger charge is -2.38. The van der Waals surface area contributed by atoms with E-state index in [0.717, 1.165) is 18.4 Å². The number of nitriles is 1. The summed E-state index contributed by atoms with van der Waals surface area (Å²) in [6, 6.07) is 11.3. The van der Waals surface area contributed by atoms with Gasteiger partial charge in [0.2, 0.25) is 5.88 Å². The van der Waals surface area contributed by atoms with Crippen molar-refractivity contribution in [3.05, 3.63) is 53.2 Å². The number of ether oxygens (including phenoxy) is 2. The van der Waals surface area contributed by atoms with Crippen molar-refractivity contribution in [3.8, 4) is 17.7 Å². The third-order valence-corrected chi connectivity index (χ3v) is 5.07. The van der Waals surface area contributed by atoms with E-state index in [9.17, 15) is 10.1 Å². The molecule has 1 aromatic heterocycles. The van der Waals surface area contributed by atoms with Crippen molar-refractivity contribution in [3.63, 3.8) is 0 Å². The fourth-order valence-electron chi connectivity index (χ4n) is 3.45. The Balaban J connectivity index is 1.78. The molecule has 1 saturated heterocycles. The van der Waals surface area contributed by atoms with Gasteiger partial charge in [-0.05, 0) is 51.8 Å². The number of nitrogens with zero attached hydrogens (tertiary/aromatic N) is 3. The summed E-state index contributed by atoms with van der Waals surface area (Å²) in [6.45, 7) is 6.76. The molecule has 28 heavy (non-hydrogen) atoms. The van der Waals surface area contributed by atoms with Crippen LogP contribution < -0.4 is 9.47 Å². The fourth-order valence-corrected chi connectivity index (χ4v) is 3.45. The van der Waals surface area contributed by atoms with Gasteiger partial charge in [0.1, 0.15) is 11.9 Å². The third-order valence-electron chi connectivity index (χ3n) is 5.07. The number of likely N-dealkylation sites (tertiary alicyclic amines) is 1. The van der Waals surface area contributed by atoms with Crippen molar-refractivity contribution in [2.45, 2.75) is 45.8 Å². The van der Waals surface area contributed by atoms with Gasteiger partial charge in [-0.25, -0.2) is 4.98 Å². The van der Waals surface area contributed by atoms with Crippen LogP contribution in [0.5, 0.6) is 11.6 Å². The zero-order chi connectivity index (χ0) is 20.1. The number of carbonyl (C=O) groups is 1. The van der Waals surface area contributed by atoms with Crippen molar-refractivity contribution in [1.29, 1.82) is 5.26 Å². The predicted molar refractivity (Wildman–Crippen MR) is 105 cm³/mol. The largest absolute Gasteiger partial charge is 0.493 e. The van der Waals surface area contributed by atoms with E-state index in [1.165, 1.54) is 0 Å². The number of rotatable bonds is 5. The van der Waals surface area contributed by atoms with E-state index >= 15 is 0 Å². The summed E-state index contributed by atoms with van der Waals surface area (Å²) in [5.74, 6) is 1.01. The molecule has 0 N–H and O–H groups in total. The number of benzene rings is 1. The Kier molecular flexibility index (Phi) is 6.15. The molecule has 2 atom stereocenters. The van der Waals surface area contributed by atoms with E-state index in [4.69, 9.17) is 9.47 Å². The molecule has 6 heteroatoms. The van der Waals surface area contributed by atoms with Crippen molar-refractivity contribution in [2.75, 3.05) is 13.2 Å². The number of hydrogen-bond donors (Lipinski definition) is 0. The second-order valence-electron chi connectivity index (χ2n) is 6.95. The van der Waals surface area contributed by atoms with Gasteiger partial charge in [0.05, 0.1) is 30.3 Å². The highest BCUT2D eigenvalue weighted by Crippen LogP contribution is 2.27. The maximum absolute atomic E-state index is 13.2. The van der Waals surface area contributed by atoms with Crippen LogP contribution >= 0.6 is 0 Å². The zero-order valence-corrected chi connectivity index (χ0v) is 16.5. The number of para-hydroxylation sites is 1. The molecule has 0 bridgehead atoms. The Morgan fingerprint density at radius 3 is 2.86 bits per heavy atom. The number of amides is 1. The molecule has 1 aliphatic rings. The monoisotopic (exact) mass is 379 g/mol.